The van der Waals surface area contributed by atoms with E-state index in [-0.39, 0.29) is 0 Å². The maximum Gasteiger partial charge on any atom is 0.202 e. The molecule has 2 heterocycles. The third-order valence-corrected chi connectivity index (χ3v) is 3.67. The van der Waals surface area contributed by atoms with Crippen LogP contribution in [0, 0.1) is 12.8 Å². The highest BCUT2D eigenvalue weighted by Gasteiger charge is 2.07. The Labute approximate surface area is 109 Å². The van der Waals surface area contributed by atoms with Crippen molar-refractivity contribution in [3.05, 3.63) is 21.9 Å². The lowest BCUT2D eigenvalue weighted by molar-refractivity contribution is 0.688. The van der Waals surface area contributed by atoms with E-state index < -0.39 is 0 Å². The molecular formula is C11H16N4S2. The van der Waals surface area contributed by atoms with E-state index in [0.717, 1.165) is 34.6 Å². The molecule has 0 atom stereocenters. The molecule has 0 amide bonds. The molecule has 0 saturated heterocycles. The van der Waals surface area contributed by atoms with Crippen molar-refractivity contribution in [3.8, 4) is 0 Å². The topological polar surface area (TPSA) is 50.7 Å². The molecular weight excluding hydrogens is 252 g/mol. The molecule has 1 N–H and O–H groups in total. The molecule has 0 saturated carbocycles. The summed E-state index contributed by atoms with van der Waals surface area (Å²) in [5, 5.41) is 7.34. The molecule has 0 fully saturated rings. The number of nitrogens with zero attached hydrogens (tertiary/aromatic N) is 3. The molecule has 17 heavy (non-hydrogen) atoms. The summed E-state index contributed by atoms with van der Waals surface area (Å²) in [6.45, 7) is 7.29. The molecule has 0 radical (unpaired) electrons. The van der Waals surface area contributed by atoms with Gasteiger partial charge in [-0.25, -0.2) is 9.97 Å². The average Bonchev–Trinajstić information content (AvgIpc) is 2.86. The van der Waals surface area contributed by atoms with E-state index in [9.17, 15) is 0 Å². The molecule has 0 aromatic carbocycles. The summed E-state index contributed by atoms with van der Waals surface area (Å²) in [4.78, 5) is 8.86. The quantitative estimate of drug-likeness (QED) is 0.905. The van der Waals surface area contributed by atoms with Crippen molar-refractivity contribution < 1.29 is 0 Å². The molecule has 0 unspecified atom stereocenters. The monoisotopic (exact) mass is 268 g/mol. The van der Waals surface area contributed by atoms with Crippen molar-refractivity contribution in [2.45, 2.75) is 27.2 Å². The SMILES string of the molecule is Cc1nc(Cc2nsc(NCC(C)C)n2)cs1. The van der Waals surface area contributed by atoms with Gasteiger partial charge in [0, 0.05) is 23.5 Å². The van der Waals surface area contributed by atoms with Gasteiger partial charge in [0.15, 0.2) is 5.82 Å². The van der Waals surface area contributed by atoms with Gasteiger partial charge in [-0.15, -0.1) is 11.3 Å². The Morgan fingerprint density at radius 3 is 2.82 bits per heavy atom. The van der Waals surface area contributed by atoms with E-state index >= 15 is 0 Å². The van der Waals surface area contributed by atoms with Crippen LogP contribution in [0.1, 0.15) is 30.4 Å². The van der Waals surface area contributed by atoms with Gasteiger partial charge >= 0.3 is 0 Å². The number of nitrogens with one attached hydrogen (secondary N) is 1. The second-order valence-electron chi connectivity index (χ2n) is 4.33. The van der Waals surface area contributed by atoms with Gasteiger partial charge in [-0.1, -0.05) is 13.8 Å². The minimum atomic E-state index is 0.614. The molecule has 2 aromatic heterocycles. The third-order valence-electron chi connectivity index (χ3n) is 2.14. The minimum Gasteiger partial charge on any atom is -0.360 e. The lowest BCUT2D eigenvalue weighted by Gasteiger charge is -2.03. The van der Waals surface area contributed by atoms with Crippen LogP contribution in [0.15, 0.2) is 5.38 Å². The summed E-state index contributed by atoms with van der Waals surface area (Å²) in [6, 6.07) is 0. The zero-order chi connectivity index (χ0) is 12.3. The van der Waals surface area contributed by atoms with Crippen LogP contribution in [0.25, 0.3) is 0 Å². The molecule has 2 rings (SSSR count). The summed E-state index contributed by atoms with van der Waals surface area (Å²) in [6.07, 6.45) is 0.726. The van der Waals surface area contributed by atoms with E-state index in [4.69, 9.17) is 0 Å². The fourth-order valence-electron chi connectivity index (χ4n) is 1.34. The van der Waals surface area contributed by atoms with E-state index in [1.165, 1.54) is 11.5 Å². The van der Waals surface area contributed by atoms with Crippen LogP contribution >= 0.6 is 22.9 Å². The predicted molar refractivity (Wildman–Crippen MR) is 72.9 cm³/mol. The van der Waals surface area contributed by atoms with E-state index in [2.05, 4.69) is 38.9 Å². The Kier molecular flexibility index (Phi) is 4.06. The Hall–Kier alpha value is -1.01. The number of aryl methyl sites for hydroxylation is 1. The predicted octanol–water partition coefficient (Wildman–Crippen LogP) is 2.96. The fraction of sp³-hybridized carbons (Fsp3) is 0.545. The second kappa shape index (κ2) is 5.55. The lowest BCUT2D eigenvalue weighted by Crippen LogP contribution is -2.07. The van der Waals surface area contributed by atoms with Crippen LogP contribution < -0.4 is 5.32 Å². The number of hydrogen-bond acceptors (Lipinski definition) is 6. The van der Waals surface area contributed by atoms with Crippen molar-refractivity contribution in [1.82, 2.24) is 14.3 Å². The molecule has 92 valence electrons. The molecule has 4 nitrogen and oxygen atoms in total. The van der Waals surface area contributed by atoms with E-state index in [1.807, 2.05) is 6.92 Å². The number of rotatable bonds is 5. The Balaban J connectivity index is 1.94. The maximum atomic E-state index is 4.45. The average molecular weight is 268 g/mol. The minimum absolute atomic E-state index is 0.614. The first-order chi connectivity index (χ1) is 8.13. The zero-order valence-corrected chi connectivity index (χ0v) is 11.9. The van der Waals surface area contributed by atoms with Crippen molar-refractivity contribution in [2.75, 3.05) is 11.9 Å². The molecule has 6 heteroatoms. The maximum absolute atomic E-state index is 4.45. The Morgan fingerprint density at radius 1 is 1.35 bits per heavy atom. The largest absolute Gasteiger partial charge is 0.360 e. The van der Waals surface area contributed by atoms with Crippen molar-refractivity contribution in [3.63, 3.8) is 0 Å². The second-order valence-corrected chi connectivity index (χ2v) is 6.14. The van der Waals surface area contributed by atoms with Gasteiger partial charge in [-0.3, -0.25) is 0 Å². The lowest BCUT2D eigenvalue weighted by atomic mass is 10.2. The van der Waals surface area contributed by atoms with Gasteiger partial charge in [0.25, 0.3) is 0 Å². The molecule has 0 aliphatic heterocycles. The van der Waals surface area contributed by atoms with Gasteiger partial charge < -0.3 is 5.32 Å². The van der Waals surface area contributed by atoms with Crippen LogP contribution in [0.5, 0.6) is 0 Å². The van der Waals surface area contributed by atoms with Crippen LogP contribution in [0.2, 0.25) is 0 Å². The first kappa shape index (κ1) is 12.4. The zero-order valence-electron chi connectivity index (χ0n) is 10.2. The van der Waals surface area contributed by atoms with Gasteiger partial charge in [0.1, 0.15) is 0 Å². The Morgan fingerprint density at radius 2 is 2.18 bits per heavy atom. The van der Waals surface area contributed by atoms with Crippen LogP contribution in [-0.4, -0.2) is 20.9 Å². The summed E-state index contributed by atoms with van der Waals surface area (Å²) < 4.78 is 4.33. The number of hydrogen-bond donors (Lipinski definition) is 1. The smallest absolute Gasteiger partial charge is 0.202 e. The fourth-order valence-corrected chi connectivity index (χ4v) is 2.54. The van der Waals surface area contributed by atoms with Gasteiger partial charge in [-0.2, -0.15) is 4.37 Å². The highest BCUT2D eigenvalue weighted by Crippen LogP contribution is 2.16. The molecule has 0 spiro atoms. The summed E-state index contributed by atoms with van der Waals surface area (Å²) in [5.74, 6) is 1.47. The van der Waals surface area contributed by atoms with Crippen LogP contribution in [0.3, 0.4) is 0 Å². The highest BCUT2D eigenvalue weighted by molar-refractivity contribution is 7.10. The van der Waals surface area contributed by atoms with Gasteiger partial charge in [0.05, 0.1) is 17.1 Å². The number of anilines is 1. The first-order valence-electron chi connectivity index (χ1n) is 5.61. The van der Waals surface area contributed by atoms with Gasteiger partial charge in [0.2, 0.25) is 5.13 Å². The summed E-state index contributed by atoms with van der Waals surface area (Å²) in [7, 11) is 0. The number of aromatic nitrogens is 3. The molecule has 0 aliphatic carbocycles. The van der Waals surface area contributed by atoms with E-state index in [1.54, 1.807) is 11.3 Å². The molecule has 0 bridgehead atoms. The standard InChI is InChI=1S/C11H16N4S2/c1-7(2)5-12-11-14-10(15-17-11)4-9-6-16-8(3)13-9/h6-7H,4-5H2,1-3H3,(H,12,14,15). The first-order valence-corrected chi connectivity index (χ1v) is 7.26. The Bertz CT molecular complexity index is 475. The van der Waals surface area contributed by atoms with Crippen molar-refractivity contribution in [2.24, 2.45) is 5.92 Å². The molecule has 2 aromatic rings. The third kappa shape index (κ3) is 3.74. The van der Waals surface area contributed by atoms with Crippen LogP contribution in [0.4, 0.5) is 5.13 Å². The van der Waals surface area contributed by atoms with E-state index in [0.29, 0.717) is 5.92 Å². The molecule has 0 aliphatic rings. The number of thiazole rings is 1. The van der Waals surface area contributed by atoms with Crippen molar-refractivity contribution >= 4 is 28.0 Å². The van der Waals surface area contributed by atoms with Crippen molar-refractivity contribution in [1.29, 1.82) is 0 Å². The van der Waals surface area contributed by atoms with Crippen LogP contribution in [-0.2, 0) is 6.42 Å². The van der Waals surface area contributed by atoms with Gasteiger partial charge in [-0.05, 0) is 12.8 Å². The summed E-state index contributed by atoms with van der Waals surface area (Å²) in [5.41, 5.74) is 1.06. The normalized spacial score (nSPS) is 11.1. The summed E-state index contributed by atoms with van der Waals surface area (Å²) >= 11 is 3.09. The highest BCUT2D eigenvalue weighted by atomic mass is 32.1.